The SMILES string of the molecule is C1=CC2c3ccccc3N(c3c(-c4ccccc4)cc(-c4nc(-c5ccccc5)nc5c4sc4ccccc45)cc3-c3ccccc3)C2C=C1n1c2ccccc2c2ccccc21. The van der Waals surface area contributed by atoms with Crippen LogP contribution in [0.1, 0.15) is 11.5 Å². The molecule has 0 saturated carbocycles. The number of para-hydroxylation sites is 3. The molecule has 0 amide bonds. The highest BCUT2D eigenvalue weighted by Crippen LogP contribution is 2.55. The molecule has 4 heterocycles. The van der Waals surface area contributed by atoms with Gasteiger partial charge < -0.3 is 9.47 Å². The van der Waals surface area contributed by atoms with Gasteiger partial charge in [0.05, 0.1) is 38.7 Å². The number of hydrogen-bond donors (Lipinski definition) is 0. The first-order valence-electron chi connectivity index (χ1n) is 21.6. The number of thiophene rings is 1. The molecular weight excluding hydrogens is 785 g/mol. The number of rotatable bonds is 6. The van der Waals surface area contributed by atoms with Gasteiger partial charge in [-0.3, -0.25) is 0 Å². The molecule has 1 aliphatic carbocycles. The van der Waals surface area contributed by atoms with E-state index < -0.39 is 0 Å². The van der Waals surface area contributed by atoms with Crippen LogP contribution in [0.2, 0.25) is 0 Å². The molecule has 11 aromatic rings. The van der Waals surface area contributed by atoms with Crippen molar-refractivity contribution in [2.24, 2.45) is 0 Å². The molecule has 0 radical (unpaired) electrons. The van der Waals surface area contributed by atoms with Gasteiger partial charge >= 0.3 is 0 Å². The average molecular weight is 823 g/mol. The van der Waals surface area contributed by atoms with Crippen LogP contribution in [0.25, 0.3) is 92.7 Å². The van der Waals surface area contributed by atoms with Crippen LogP contribution in [0.5, 0.6) is 0 Å². The number of allylic oxidation sites excluding steroid dienone is 2. The molecule has 13 rings (SSSR count). The second kappa shape index (κ2) is 14.4. The Balaban J connectivity index is 1.10. The third-order valence-electron chi connectivity index (χ3n) is 12.9. The normalized spacial score (nSPS) is 15.6. The van der Waals surface area contributed by atoms with Crippen LogP contribution in [0.15, 0.2) is 218 Å². The Kier molecular flexibility index (Phi) is 8.18. The molecular formula is C58H38N4S. The van der Waals surface area contributed by atoms with Crippen molar-refractivity contribution in [1.82, 2.24) is 14.5 Å². The van der Waals surface area contributed by atoms with E-state index in [-0.39, 0.29) is 12.0 Å². The van der Waals surface area contributed by atoms with Crippen molar-refractivity contribution in [3.05, 3.63) is 224 Å². The maximum absolute atomic E-state index is 5.49. The summed E-state index contributed by atoms with van der Waals surface area (Å²) in [6.07, 6.45) is 7.29. The van der Waals surface area contributed by atoms with Gasteiger partial charge in [-0.15, -0.1) is 11.3 Å². The first-order valence-corrected chi connectivity index (χ1v) is 22.4. The zero-order chi connectivity index (χ0) is 41.4. The summed E-state index contributed by atoms with van der Waals surface area (Å²) in [6.45, 7) is 0. The van der Waals surface area contributed by atoms with Gasteiger partial charge in [-0.25, -0.2) is 9.97 Å². The minimum Gasteiger partial charge on any atom is -0.332 e. The number of hydrogen-bond acceptors (Lipinski definition) is 4. The Bertz CT molecular complexity index is 3530. The fourth-order valence-electron chi connectivity index (χ4n) is 10.2. The summed E-state index contributed by atoms with van der Waals surface area (Å²) in [5.74, 6) is 0.875. The number of nitrogens with zero attached hydrogens (tertiary/aromatic N) is 4. The highest BCUT2D eigenvalue weighted by molar-refractivity contribution is 7.26. The Morgan fingerprint density at radius 3 is 1.71 bits per heavy atom. The van der Waals surface area contributed by atoms with Crippen molar-refractivity contribution in [3.63, 3.8) is 0 Å². The predicted molar refractivity (Wildman–Crippen MR) is 265 cm³/mol. The Morgan fingerprint density at radius 2 is 1.05 bits per heavy atom. The molecule has 1 aliphatic heterocycles. The summed E-state index contributed by atoms with van der Waals surface area (Å²) >= 11 is 1.77. The first-order chi connectivity index (χ1) is 31.3. The minimum absolute atomic E-state index is 0.00358. The summed E-state index contributed by atoms with van der Waals surface area (Å²) in [7, 11) is 0. The van der Waals surface area contributed by atoms with Crippen LogP contribution in [0, 0.1) is 0 Å². The van der Waals surface area contributed by atoms with Crippen LogP contribution in [-0.2, 0) is 0 Å². The summed E-state index contributed by atoms with van der Waals surface area (Å²) < 4.78 is 4.74. The molecule has 0 saturated heterocycles. The van der Waals surface area contributed by atoms with Gasteiger partial charge in [-0.2, -0.15) is 0 Å². The first kappa shape index (κ1) is 35.9. The van der Waals surface area contributed by atoms with Gasteiger partial charge in [0.15, 0.2) is 5.82 Å². The van der Waals surface area contributed by atoms with E-state index in [2.05, 4.69) is 222 Å². The summed E-state index contributed by atoms with van der Waals surface area (Å²) in [5, 5.41) is 3.67. The number of fused-ring (bicyclic) bond motifs is 9. The van der Waals surface area contributed by atoms with E-state index in [0.29, 0.717) is 0 Å². The molecule has 4 nitrogen and oxygen atoms in total. The van der Waals surface area contributed by atoms with Crippen LogP contribution in [0.3, 0.4) is 0 Å². The lowest BCUT2D eigenvalue weighted by Crippen LogP contribution is -2.30. The van der Waals surface area contributed by atoms with E-state index >= 15 is 0 Å². The minimum atomic E-state index is -0.00358. The van der Waals surface area contributed by atoms with Crippen LogP contribution >= 0.6 is 11.3 Å². The van der Waals surface area contributed by atoms with E-state index in [4.69, 9.17) is 9.97 Å². The highest BCUT2D eigenvalue weighted by atomic mass is 32.1. The van der Waals surface area contributed by atoms with E-state index in [1.807, 2.05) is 6.07 Å². The summed E-state index contributed by atoms with van der Waals surface area (Å²) in [4.78, 5) is 13.4. The maximum Gasteiger partial charge on any atom is 0.160 e. The molecule has 5 heteroatoms. The lowest BCUT2D eigenvalue weighted by molar-refractivity contribution is 0.744. The van der Waals surface area contributed by atoms with Gasteiger partial charge in [-0.1, -0.05) is 170 Å². The van der Waals surface area contributed by atoms with Crippen molar-refractivity contribution in [2.45, 2.75) is 12.0 Å². The van der Waals surface area contributed by atoms with E-state index in [9.17, 15) is 0 Å². The maximum atomic E-state index is 5.49. The second-order valence-corrected chi connectivity index (χ2v) is 17.5. The van der Waals surface area contributed by atoms with Crippen LogP contribution in [0.4, 0.5) is 11.4 Å². The van der Waals surface area contributed by atoms with Gasteiger partial charge in [0.2, 0.25) is 0 Å². The van der Waals surface area contributed by atoms with Gasteiger partial charge in [-0.05, 0) is 65.2 Å². The van der Waals surface area contributed by atoms with E-state index in [1.54, 1.807) is 11.3 Å². The molecule has 2 atom stereocenters. The standard InChI is InChI=1S/C58H38N4S/c1-4-18-37(19-5-1)47-34-40(54-57-55(46-27-13-17-31-53(46)63-57)60-58(59-54)39-22-8-3-9-23-39)35-48(38-20-6-2-7-21-38)56(47)62-51-30-16-12-26-44(51)45-33-32-41(36-52(45)62)61-49-28-14-10-24-42(49)43-25-11-15-29-50(43)61/h1-36,45,52H. The number of benzene rings is 8. The zero-order valence-corrected chi connectivity index (χ0v) is 35.0. The largest absolute Gasteiger partial charge is 0.332 e. The molecule has 3 aromatic heterocycles. The Hall–Kier alpha value is -7.86. The molecule has 296 valence electrons. The van der Waals surface area contributed by atoms with Crippen LogP contribution < -0.4 is 4.90 Å². The number of anilines is 2. The molecule has 0 fully saturated rings. The topological polar surface area (TPSA) is 34.0 Å². The van der Waals surface area contributed by atoms with E-state index in [1.165, 1.54) is 49.1 Å². The van der Waals surface area contributed by atoms with Gasteiger partial charge in [0.1, 0.15) is 0 Å². The molecule has 0 bridgehead atoms. The van der Waals surface area contributed by atoms with Gasteiger partial charge in [0.25, 0.3) is 0 Å². The van der Waals surface area contributed by atoms with Crippen LogP contribution in [-0.4, -0.2) is 20.6 Å². The van der Waals surface area contributed by atoms with E-state index in [0.717, 1.165) is 60.5 Å². The fourth-order valence-corrected chi connectivity index (χ4v) is 11.3. The molecule has 0 N–H and O–H groups in total. The predicted octanol–water partition coefficient (Wildman–Crippen LogP) is 15.3. The number of aromatic nitrogens is 3. The quantitative estimate of drug-likeness (QED) is 0.168. The van der Waals surface area contributed by atoms with Crippen molar-refractivity contribution in [1.29, 1.82) is 0 Å². The van der Waals surface area contributed by atoms with Gasteiger partial charge in [0, 0.05) is 60.4 Å². The molecule has 8 aromatic carbocycles. The monoisotopic (exact) mass is 822 g/mol. The second-order valence-electron chi connectivity index (χ2n) is 16.5. The van der Waals surface area contributed by atoms with Crippen molar-refractivity contribution in [3.8, 4) is 44.9 Å². The highest BCUT2D eigenvalue weighted by Gasteiger charge is 2.41. The molecule has 2 unspecified atom stereocenters. The molecule has 0 spiro atoms. The lowest BCUT2D eigenvalue weighted by atomic mass is 9.88. The Labute approximate surface area is 369 Å². The zero-order valence-electron chi connectivity index (χ0n) is 34.1. The average Bonchev–Trinajstić information content (AvgIpc) is 4.02. The molecule has 63 heavy (non-hydrogen) atoms. The Morgan fingerprint density at radius 1 is 0.492 bits per heavy atom. The third kappa shape index (κ3) is 5.67. The summed E-state index contributed by atoms with van der Waals surface area (Å²) in [5.41, 5.74) is 15.9. The van der Waals surface area contributed by atoms with Crippen molar-refractivity contribution >= 4 is 70.5 Å². The third-order valence-corrected chi connectivity index (χ3v) is 14.1. The molecule has 2 aliphatic rings. The van der Waals surface area contributed by atoms with Crippen molar-refractivity contribution < 1.29 is 0 Å². The fraction of sp³-hybridized carbons (Fsp3) is 0.0345. The lowest BCUT2D eigenvalue weighted by Gasteiger charge is -2.34. The summed E-state index contributed by atoms with van der Waals surface area (Å²) in [6, 6.07) is 72.2. The smallest absolute Gasteiger partial charge is 0.160 e. The van der Waals surface area contributed by atoms with Crippen molar-refractivity contribution in [2.75, 3.05) is 4.90 Å².